The first-order valence-electron chi connectivity index (χ1n) is 5.08. The Kier molecular flexibility index (Phi) is 3.46. The van der Waals surface area contributed by atoms with Crippen molar-refractivity contribution in [2.45, 2.75) is 0 Å². The lowest BCUT2D eigenvalue weighted by molar-refractivity contribution is 1.04. The lowest BCUT2D eigenvalue weighted by Gasteiger charge is -2.02. The summed E-state index contributed by atoms with van der Waals surface area (Å²) >= 11 is 4.64. The Morgan fingerprint density at radius 2 is 2.28 bits per heavy atom. The van der Waals surface area contributed by atoms with Crippen LogP contribution in [0.5, 0.6) is 0 Å². The fraction of sp³-hybridized carbons (Fsp3) is 0. The van der Waals surface area contributed by atoms with Crippen LogP contribution in [0, 0.1) is 11.3 Å². The van der Waals surface area contributed by atoms with Crippen LogP contribution in [-0.4, -0.2) is 16.3 Å². The molecular formula is C12H9N5S. The van der Waals surface area contributed by atoms with Crippen molar-refractivity contribution in [1.82, 2.24) is 10.4 Å². The maximum Gasteiger partial charge on any atom is 0.184 e. The van der Waals surface area contributed by atoms with Gasteiger partial charge in [-0.2, -0.15) is 10.4 Å². The molecule has 0 spiro atoms. The molecule has 0 atom stereocenters. The molecule has 0 aliphatic heterocycles. The van der Waals surface area contributed by atoms with Crippen LogP contribution in [0.2, 0.25) is 0 Å². The lowest BCUT2D eigenvalue weighted by Crippen LogP contribution is -2.24. The zero-order valence-corrected chi connectivity index (χ0v) is 10.1. The molecule has 0 saturated heterocycles. The summed E-state index contributed by atoms with van der Waals surface area (Å²) in [7, 11) is 0. The van der Waals surface area contributed by atoms with E-state index in [1.807, 2.05) is 6.07 Å². The first-order valence-corrected chi connectivity index (χ1v) is 5.49. The third-order valence-corrected chi connectivity index (χ3v) is 2.41. The van der Waals surface area contributed by atoms with Crippen LogP contribution in [-0.2, 0) is 0 Å². The Morgan fingerprint density at radius 1 is 1.44 bits per heavy atom. The van der Waals surface area contributed by atoms with Crippen LogP contribution in [0.3, 0.4) is 0 Å². The van der Waals surface area contributed by atoms with E-state index >= 15 is 0 Å². The van der Waals surface area contributed by atoms with Crippen molar-refractivity contribution < 1.29 is 0 Å². The van der Waals surface area contributed by atoms with Crippen LogP contribution in [0.1, 0.15) is 11.3 Å². The summed E-state index contributed by atoms with van der Waals surface area (Å²) in [6, 6.07) is 9.39. The summed E-state index contributed by atoms with van der Waals surface area (Å²) in [6.45, 7) is 0. The number of rotatable bonds is 2. The SMILES string of the molecule is N#Cc1cccc2c(C=NNC(N)=S)nccc12. The summed E-state index contributed by atoms with van der Waals surface area (Å²) in [5.74, 6) is 0. The minimum atomic E-state index is 0.0872. The molecule has 1 heterocycles. The maximum absolute atomic E-state index is 9.03. The van der Waals surface area contributed by atoms with Gasteiger partial charge in [0.25, 0.3) is 0 Å². The van der Waals surface area contributed by atoms with E-state index in [0.717, 1.165) is 10.8 Å². The Hall–Kier alpha value is -2.52. The normalized spacial score (nSPS) is 10.4. The predicted octanol–water partition coefficient (Wildman–Crippen LogP) is 1.27. The number of nitrogens with one attached hydrogen (secondary N) is 1. The molecule has 0 aliphatic carbocycles. The second kappa shape index (κ2) is 5.21. The number of thiocarbonyl (C=S) groups is 1. The molecular weight excluding hydrogens is 246 g/mol. The average molecular weight is 255 g/mol. The Labute approximate surface area is 109 Å². The van der Waals surface area contributed by atoms with Gasteiger partial charge in [-0.15, -0.1) is 0 Å². The predicted molar refractivity (Wildman–Crippen MR) is 74.0 cm³/mol. The highest BCUT2D eigenvalue weighted by atomic mass is 32.1. The van der Waals surface area contributed by atoms with Crippen molar-refractivity contribution in [3.05, 3.63) is 41.7 Å². The van der Waals surface area contributed by atoms with Gasteiger partial charge in [0.2, 0.25) is 0 Å². The smallest absolute Gasteiger partial charge is 0.184 e. The molecule has 3 N–H and O–H groups in total. The first kappa shape index (κ1) is 12.0. The van der Waals surface area contributed by atoms with Gasteiger partial charge in [-0.3, -0.25) is 10.4 Å². The Morgan fingerprint density at radius 3 is 3.00 bits per heavy atom. The van der Waals surface area contributed by atoms with Gasteiger partial charge in [0.1, 0.15) is 0 Å². The molecule has 0 radical (unpaired) electrons. The molecule has 1 aromatic carbocycles. The number of benzene rings is 1. The van der Waals surface area contributed by atoms with E-state index < -0.39 is 0 Å². The Bertz CT molecular complexity index is 672. The summed E-state index contributed by atoms with van der Waals surface area (Å²) in [5, 5.41) is 14.7. The van der Waals surface area contributed by atoms with Crippen LogP contribution < -0.4 is 11.2 Å². The quantitative estimate of drug-likeness (QED) is 0.479. The topological polar surface area (TPSA) is 87.1 Å². The van der Waals surface area contributed by atoms with E-state index in [-0.39, 0.29) is 5.11 Å². The number of hydrazone groups is 1. The van der Waals surface area contributed by atoms with Crippen molar-refractivity contribution in [1.29, 1.82) is 5.26 Å². The van der Waals surface area contributed by atoms with Crippen LogP contribution in [0.15, 0.2) is 35.6 Å². The summed E-state index contributed by atoms with van der Waals surface area (Å²) in [4.78, 5) is 4.20. The number of aromatic nitrogens is 1. The third-order valence-electron chi connectivity index (χ3n) is 2.32. The van der Waals surface area contributed by atoms with Crippen LogP contribution >= 0.6 is 12.2 Å². The van der Waals surface area contributed by atoms with Crippen LogP contribution in [0.25, 0.3) is 10.8 Å². The van der Waals surface area contributed by atoms with Crippen LogP contribution in [0.4, 0.5) is 0 Å². The van der Waals surface area contributed by atoms with E-state index in [1.54, 1.807) is 24.4 Å². The summed E-state index contributed by atoms with van der Waals surface area (Å²) in [6.07, 6.45) is 3.15. The minimum Gasteiger partial charge on any atom is -0.375 e. The van der Waals surface area contributed by atoms with Crippen molar-refractivity contribution in [3.8, 4) is 6.07 Å². The number of fused-ring (bicyclic) bond motifs is 1. The molecule has 5 nitrogen and oxygen atoms in total. The van der Waals surface area contributed by atoms with E-state index in [9.17, 15) is 0 Å². The van der Waals surface area contributed by atoms with Gasteiger partial charge < -0.3 is 5.73 Å². The molecule has 0 amide bonds. The van der Waals surface area contributed by atoms with E-state index in [0.29, 0.717) is 11.3 Å². The summed E-state index contributed by atoms with van der Waals surface area (Å²) < 4.78 is 0. The Balaban J connectivity index is 2.50. The van der Waals surface area contributed by atoms with Gasteiger partial charge in [-0.05, 0) is 24.4 Å². The van der Waals surface area contributed by atoms with Gasteiger partial charge in [-0.1, -0.05) is 12.1 Å². The number of hydrogen-bond donors (Lipinski definition) is 2. The van der Waals surface area contributed by atoms with Crippen molar-refractivity contribution >= 4 is 34.3 Å². The second-order valence-corrected chi connectivity index (χ2v) is 3.88. The molecule has 0 aliphatic rings. The molecule has 0 saturated carbocycles. The summed E-state index contributed by atoms with van der Waals surface area (Å²) in [5.41, 5.74) is 8.97. The monoisotopic (exact) mass is 255 g/mol. The van der Waals surface area contributed by atoms with Crippen molar-refractivity contribution in [3.63, 3.8) is 0 Å². The largest absolute Gasteiger partial charge is 0.375 e. The van der Waals surface area contributed by atoms with E-state index in [2.05, 4.69) is 33.8 Å². The van der Waals surface area contributed by atoms with Gasteiger partial charge in [-0.25, -0.2) is 0 Å². The molecule has 1 aromatic heterocycles. The molecule has 2 aromatic rings. The van der Waals surface area contributed by atoms with E-state index in [1.165, 1.54) is 6.21 Å². The molecule has 88 valence electrons. The van der Waals surface area contributed by atoms with E-state index in [4.69, 9.17) is 11.0 Å². The number of hydrogen-bond acceptors (Lipinski definition) is 4. The molecule has 0 unspecified atom stereocenters. The number of nitrogens with two attached hydrogens (primary N) is 1. The fourth-order valence-corrected chi connectivity index (χ4v) is 1.64. The van der Waals surface area contributed by atoms with Gasteiger partial charge in [0.05, 0.1) is 23.5 Å². The van der Waals surface area contributed by atoms with Crippen molar-refractivity contribution in [2.75, 3.05) is 0 Å². The molecule has 18 heavy (non-hydrogen) atoms. The molecule has 2 rings (SSSR count). The number of nitriles is 1. The number of pyridine rings is 1. The minimum absolute atomic E-state index is 0.0872. The fourth-order valence-electron chi connectivity index (χ4n) is 1.59. The standard InChI is InChI=1S/C12H9N5S/c13-6-8-2-1-3-10-9(8)4-5-15-11(10)7-16-17-12(14)18/h1-5,7H,(H3,14,17,18). The first-order chi connectivity index (χ1) is 8.72. The third kappa shape index (κ3) is 2.42. The highest BCUT2D eigenvalue weighted by molar-refractivity contribution is 7.80. The highest BCUT2D eigenvalue weighted by Crippen LogP contribution is 2.19. The lowest BCUT2D eigenvalue weighted by atomic mass is 10.1. The zero-order valence-electron chi connectivity index (χ0n) is 9.29. The molecule has 0 fully saturated rings. The average Bonchev–Trinajstić information content (AvgIpc) is 2.38. The molecule has 0 bridgehead atoms. The highest BCUT2D eigenvalue weighted by Gasteiger charge is 2.03. The van der Waals surface area contributed by atoms with Gasteiger partial charge >= 0.3 is 0 Å². The van der Waals surface area contributed by atoms with Gasteiger partial charge in [0, 0.05) is 17.0 Å². The maximum atomic E-state index is 9.03. The second-order valence-electron chi connectivity index (χ2n) is 3.44. The molecule has 6 heteroatoms. The van der Waals surface area contributed by atoms with Crippen molar-refractivity contribution in [2.24, 2.45) is 10.8 Å². The van der Waals surface area contributed by atoms with Gasteiger partial charge in [0.15, 0.2) is 5.11 Å². The number of nitrogens with zero attached hydrogens (tertiary/aromatic N) is 3. The zero-order chi connectivity index (χ0) is 13.0.